The first kappa shape index (κ1) is 21.8. The van der Waals surface area contributed by atoms with Crippen LogP contribution in [0, 0.1) is 5.92 Å². The maximum atomic E-state index is 13.0. The number of benzene rings is 2. The Bertz CT molecular complexity index is 1100. The van der Waals surface area contributed by atoms with Crippen LogP contribution in [-0.4, -0.2) is 27.6 Å². The molecule has 1 unspecified atom stereocenters. The normalized spacial score (nSPS) is 16.6. The van der Waals surface area contributed by atoms with E-state index in [0.717, 1.165) is 35.2 Å². The van der Waals surface area contributed by atoms with Gasteiger partial charge < -0.3 is 9.84 Å². The van der Waals surface area contributed by atoms with Crippen molar-refractivity contribution in [1.29, 1.82) is 0 Å². The van der Waals surface area contributed by atoms with Crippen LogP contribution in [-0.2, 0) is 6.42 Å². The van der Waals surface area contributed by atoms with Crippen molar-refractivity contribution in [2.24, 2.45) is 5.92 Å². The lowest BCUT2D eigenvalue weighted by Crippen LogP contribution is -2.46. The van der Waals surface area contributed by atoms with Gasteiger partial charge in [0.2, 0.25) is 5.82 Å². The monoisotopic (exact) mass is 430 g/mol. The summed E-state index contributed by atoms with van der Waals surface area (Å²) in [5.74, 6) is 1.46. The third-order valence-corrected chi connectivity index (χ3v) is 5.94. The molecule has 0 aliphatic carbocycles. The summed E-state index contributed by atoms with van der Waals surface area (Å²) in [6.07, 6.45) is 1.87. The van der Waals surface area contributed by atoms with Gasteiger partial charge in [-0.3, -0.25) is 4.90 Å². The average Bonchev–Trinajstić information content (AvgIpc) is 3.29. The Kier molecular flexibility index (Phi) is 6.40. The van der Waals surface area contributed by atoms with Gasteiger partial charge in [0.05, 0.1) is 11.6 Å². The van der Waals surface area contributed by atoms with Crippen LogP contribution in [0.4, 0.5) is 4.79 Å². The van der Waals surface area contributed by atoms with Gasteiger partial charge in [-0.15, -0.1) is 0 Å². The maximum Gasteiger partial charge on any atom is 0.322 e. The number of aromatic nitrogens is 2. The average molecular weight is 431 g/mol. The SMILES string of the molecule is CCc1ccc(C2NC(=O)N(CCC(C)C)C(C)=C2c2nc(-c3ccccc3)no2)cc1. The number of hydrogen-bond donors (Lipinski definition) is 1. The molecule has 166 valence electrons. The van der Waals surface area contributed by atoms with E-state index in [1.165, 1.54) is 5.56 Å². The van der Waals surface area contributed by atoms with Crippen molar-refractivity contribution in [3.05, 3.63) is 77.3 Å². The largest absolute Gasteiger partial charge is 0.334 e. The number of amides is 2. The fourth-order valence-electron chi connectivity index (χ4n) is 3.95. The number of carbonyl (C=O) groups is 1. The molecule has 1 aliphatic rings. The lowest BCUT2D eigenvalue weighted by Gasteiger charge is -2.35. The smallest absolute Gasteiger partial charge is 0.322 e. The molecule has 3 aromatic rings. The second-order valence-electron chi connectivity index (χ2n) is 8.60. The molecular weight excluding hydrogens is 400 g/mol. The van der Waals surface area contributed by atoms with Gasteiger partial charge in [0.1, 0.15) is 0 Å². The number of allylic oxidation sites excluding steroid dienone is 1. The number of carbonyl (C=O) groups excluding carboxylic acids is 1. The van der Waals surface area contributed by atoms with Crippen molar-refractivity contribution >= 4 is 11.6 Å². The molecule has 1 aromatic heterocycles. The number of nitrogens with zero attached hydrogens (tertiary/aromatic N) is 3. The maximum absolute atomic E-state index is 13.0. The molecule has 0 fully saturated rings. The predicted octanol–water partition coefficient (Wildman–Crippen LogP) is 5.84. The van der Waals surface area contributed by atoms with Gasteiger partial charge in [0.25, 0.3) is 5.89 Å². The molecule has 0 radical (unpaired) electrons. The van der Waals surface area contributed by atoms with Crippen LogP contribution in [0.5, 0.6) is 0 Å². The van der Waals surface area contributed by atoms with Gasteiger partial charge in [-0.1, -0.05) is 80.5 Å². The molecule has 0 bridgehead atoms. The molecule has 2 heterocycles. The van der Waals surface area contributed by atoms with Crippen LogP contribution in [0.15, 0.2) is 64.8 Å². The van der Waals surface area contributed by atoms with Crippen molar-refractivity contribution in [3.8, 4) is 11.4 Å². The van der Waals surface area contributed by atoms with E-state index in [4.69, 9.17) is 9.51 Å². The summed E-state index contributed by atoms with van der Waals surface area (Å²) in [5, 5.41) is 7.39. The van der Waals surface area contributed by atoms with Crippen molar-refractivity contribution in [2.45, 2.75) is 46.6 Å². The highest BCUT2D eigenvalue weighted by Crippen LogP contribution is 2.37. The fraction of sp³-hybridized carbons (Fsp3) is 0.346. The number of urea groups is 1. The van der Waals surface area contributed by atoms with Crippen molar-refractivity contribution < 1.29 is 9.32 Å². The quantitative estimate of drug-likeness (QED) is 0.511. The summed E-state index contributed by atoms with van der Waals surface area (Å²) >= 11 is 0. The van der Waals surface area contributed by atoms with Gasteiger partial charge in [-0.2, -0.15) is 4.98 Å². The number of hydrogen-bond acceptors (Lipinski definition) is 4. The molecule has 2 amide bonds. The molecule has 1 atom stereocenters. The minimum absolute atomic E-state index is 0.0979. The number of rotatable bonds is 7. The minimum atomic E-state index is -0.354. The van der Waals surface area contributed by atoms with Crippen molar-refractivity contribution in [2.75, 3.05) is 6.54 Å². The Balaban J connectivity index is 1.77. The van der Waals surface area contributed by atoms with E-state index in [1.807, 2.05) is 37.3 Å². The van der Waals surface area contributed by atoms with Crippen LogP contribution in [0.3, 0.4) is 0 Å². The Labute approximate surface area is 189 Å². The van der Waals surface area contributed by atoms with Crippen LogP contribution in [0.2, 0.25) is 0 Å². The predicted molar refractivity (Wildman–Crippen MR) is 126 cm³/mol. The van der Waals surface area contributed by atoms with Gasteiger partial charge in [0, 0.05) is 17.8 Å². The van der Waals surface area contributed by atoms with Gasteiger partial charge in [0.15, 0.2) is 0 Å². The van der Waals surface area contributed by atoms with E-state index >= 15 is 0 Å². The Morgan fingerprint density at radius 3 is 2.47 bits per heavy atom. The van der Waals surface area contributed by atoms with Crippen molar-refractivity contribution in [3.63, 3.8) is 0 Å². The molecule has 0 spiro atoms. The van der Waals surface area contributed by atoms with Gasteiger partial charge >= 0.3 is 6.03 Å². The first-order chi connectivity index (χ1) is 15.5. The molecule has 4 rings (SSSR count). The summed E-state index contributed by atoms with van der Waals surface area (Å²) in [5.41, 5.74) is 4.82. The van der Waals surface area contributed by atoms with Crippen molar-refractivity contribution in [1.82, 2.24) is 20.4 Å². The molecule has 1 aliphatic heterocycles. The molecule has 2 aromatic carbocycles. The second-order valence-corrected chi connectivity index (χ2v) is 8.60. The summed E-state index contributed by atoms with van der Waals surface area (Å²) in [6.45, 7) is 9.05. The standard InChI is InChI=1S/C26H30N4O2/c1-5-19-11-13-20(14-12-19)23-22(18(4)30(26(31)27-23)16-15-17(2)3)25-28-24(29-32-25)21-9-7-6-8-10-21/h6-14,17,23H,5,15-16H2,1-4H3,(H,27,31). The summed E-state index contributed by atoms with van der Waals surface area (Å²) in [7, 11) is 0. The minimum Gasteiger partial charge on any atom is -0.334 e. The zero-order valence-electron chi connectivity index (χ0n) is 19.1. The second kappa shape index (κ2) is 9.39. The Hall–Kier alpha value is -3.41. The lowest BCUT2D eigenvalue weighted by molar-refractivity contribution is 0.202. The first-order valence-electron chi connectivity index (χ1n) is 11.2. The topological polar surface area (TPSA) is 71.3 Å². The summed E-state index contributed by atoms with van der Waals surface area (Å²) in [6, 6.07) is 17.6. The summed E-state index contributed by atoms with van der Waals surface area (Å²) < 4.78 is 5.74. The molecule has 6 heteroatoms. The molecular formula is C26H30N4O2. The van der Waals surface area contributed by atoms with E-state index in [2.05, 4.69) is 55.5 Å². The zero-order chi connectivity index (χ0) is 22.7. The number of nitrogens with one attached hydrogen (secondary N) is 1. The highest BCUT2D eigenvalue weighted by molar-refractivity contribution is 5.86. The molecule has 6 nitrogen and oxygen atoms in total. The van der Waals surface area contributed by atoms with E-state index in [1.54, 1.807) is 4.90 Å². The third kappa shape index (κ3) is 4.44. The lowest BCUT2D eigenvalue weighted by atomic mass is 9.93. The van der Waals surface area contributed by atoms with E-state index in [0.29, 0.717) is 24.2 Å². The van der Waals surface area contributed by atoms with Crippen LogP contribution in [0.1, 0.15) is 57.2 Å². The van der Waals surface area contributed by atoms with Gasteiger partial charge in [-0.05, 0) is 36.8 Å². The summed E-state index contributed by atoms with van der Waals surface area (Å²) in [4.78, 5) is 19.5. The molecule has 32 heavy (non-hydrogen) atoms. The van der Waals surface area contributed by atoms with E-state index < -0.39 is 0 Å². The molecule has 0 saturated heterocycles. The Morgan fingerprint density at radius 1 is 1.09 bits per heavy atom. The van der Waals surface area contributed by atoms with Crippen LogP contribution >= 0.6 is 0 Å². The zero-order valence-corrected chi connectivity index (χ0v) is 19.1. The highest BCUT2D eigenvalue weighted by Gasteiger charge is 2.35. The van der Waals surface area contributed by atoms with Gasteiger partial charge in [-0.25, -0.2) is 4.79 Å². The molecule has 0 saturated carbocycles. The first-order valence-corrected chi connectivity index (χ1v) is 11.2. The molecule has 1 N–H and O–H groups in total. The Morgan fingerprint density at radius 2 is 1.81 bits per heavy atom. The third-order valence-electron chi connectivity index (χ3n) is 5.94. The van der Waals surface area contributed by atoms with Crippen LogP contribution < -0.4 is 5.32 Å². The number of aryl methyl sites for hydroxylation is 1. The fourth-order valence-corrected chi connectivity index (χ4v) is 3.95. The van der Waals surface area contributed by atoms with Crippen LogP contribution in [0.25, 0.3) is 17.0 Å². The van der Waals surface area contributed by atoms with E-state index in [9.17, 15) is 4.79 Å². The van der Waals surface area contributed by atoms with E-state index in [-0.39, 0.29) is 12.1 Å². The highest BCUT2D eigenvalue weighted by atomic mass is 16.5.